The van der Waals surface area contributed by atoms with Gasteiger partial charge in [-0.15, -0.1) is 0 Å². The van der Waals surface area contributed by atoms with E-state index in [2.05, 4.69) is 6.92 Å². The van der Waals surface area contributed by atoms with Crippen LogP contribution in [-0.2, 0) is 0 Å². The van der Waals surface area contributed by atoms with E-state index >= 15 is 0 Å². The molecule has 0 bridgehead atoms. The van der Waals surface area contributed by atoms with E-state index in [1.807, 2.05) is 0 Å². The fourth-order valence-corrected chi connectivity index (χ4v) is 3.19. The number of nitrogens with zero attached hydrogens (tertiary/aromatic N) is 1. The van der Waals surface area contributed by atoms with Gasteiger partial charge in [-0.2, -0.15) is 0 Å². The van der Waals surface area contributed by atoms with Crippen LogP contribution in [0.4, 0.5) is 10.1 Å². The molecule has 0 radical (unpaired) electrons. The third-order valence-electron chi connectivity index (χ3n) is 4.34. The molecule has 116 valence electrons. The fourth-order valence-electron chi connectivity index (χ4n) is 3.19. The van der Waals surface area contributed by atoms with Gasteiger partial charge in [0, 0.05) is 18.8 Å². The van der Waals surface area contributed by atoms with E-state index in [-0.39, 0.29) is 11.5 Å². The highest BCUT2D eigenvalue weighted by Gasteiger charge is 2.24. The molecule has 0 aromatic heterocycles. The van der Waals surface area contributed by atoms with Gasteiger partial charge in [-0.25, -0.2) is 4.39 Å². The lowest BCUT2D eigenvalue weighted by Gasteiger charge is -2.21. The Labute approximate surface area is 126 Å². The molecule has 2 rings (SSSR count). The summed E-state index contributed by atoms with van der Waals surface area (Å²) in [4.78, 5) is 14.4. The van der Waals surface area contributed by atoms with Crippen LogP contribution in [0.5, 0.6) is 0 Å². The molecule has 1 aliphatic rings. The molecule has 3 nitrogen and oxygen atoms in total. The van der Waals surface area contributed by atoms with Crippen LogP contribution in [0, 0.1) is 18.7 Å². The number of carbonyl (C=O) groups excluding carboxylic acids is 1. The van der Waals surface area contributed by atoms with Crippen molar-refractivity contribution >= 4 is 11.6 Å². The van der Waals surface area contributed by atoms with Gasteiger partial charge >= 0.3 is 0 Å². The molecule has 1 fully saturated rings. The molecule has 0 spiro atoms. The number of rotatable bonds is 3. The minimum Gasteiger partial charge on any atom is -0.399 e. The first-order chi connectivity index (χ1) is 10.0. The summed E-state index contributed by atoms with van der Waals surface area (Å²) in [6.07, 6.45) is 5.58. The van der Waals surface area contributed by atoms with Gasteiger partial charge in [-0.3, -0.25) is 4.79 Å². The Morgan fingerprint density at radius 1 is 1.38 bits per heavy atom. The largest absolute Gasteiger partial charge is 0.399 e. The van der Waals surface area contributed by atoms with Gasteiger partial charge in [0.15, 0.2) is 0 Å². The third-order valence-corrected chi connectivity index (χ3v) is 4.34. The molecule has 1 heterocycles. The number of benzene rings is 1. The Bertz CT molecular complexity index is 516. The highest BCUT2D eigenvalue weighted by Crippen LogP contribution is 2.24. The molecule has 21 heavy (non-hydrogen) atoms. The van der Waals surface area contributed by atoms with E-state index < -0.39 is 5.82 Å². The molecule has 1 unspecified atom stereocenters. The van der Waals surface area contributed by atoms with E-state index in [1.54, 1.807) is 17.9 Å². The highest BCUT2D eigenvalue weighted by molar-refractivity contribution is 5.95. The Hall–Kier alpha value is -1.58. The molecule has 1 saturated heterocycles. The van der Waals surface area contributed by atoms with Crippen LogP contribution >= 0.6 is 0 Å². The summed E-state index contributed by atoms with van der Waals surface area (Å²) < 4.78 is 14.2. The zero-order valence-electron chi connectivity index (χ0n) is 13.0. The smallest absolute Gasteiger partial charge is 0.256 e. The number of hydrogen-bond donors (Lipinski definition) is 1. The van der Waals surface area contributed by atoms with Crippen LogP contribution in [0.1, 0.15) is 54.9 Å². The van der Waals surface area contributed by atoms with Crippen molar-refractivity contribution < 1.29 is 9.18 Å². The first-order valence-electron chi connectivity index (χ1n) is 7.87. The third kappa shape index (κ3) is 3.74. The molecule has 1 aromatic rings. The molecule has 0 aliphatic carbocycles. The quantitative estimate of drug-likeness (QED) is 0.862. The minimum atomic E-state index is -0.441. The summed E-state index contributed by atoms with van der Waals surface area (Å²) >= 11 is 0. The predicted molar refractivity (Wildman–Crippen MR) is 83.7 cm³/mol. The summed E-state index contributed by atoms with van der Waals surface area (Å²) in [7, 11) is 0. The monoisotopic (exact) mass is 292 g/mol. The van der Waals surface area contributed by atoms with Crippen molar-refractivity contribution in [3.05, 3.63) is 29.1 Å². The van der Waals surface area contributed by atoms with Crippen molar-refractivity contribution in [2.75, 3.05) is 18.8 Å². The summed E-state index contributed by atoms with van der Waals surface area (Å²) in [6, 6.07) is 3.02. The normalized spacial score (nSPS) is 19.4. The lowest BCUT2D eigenvalue weighted by atomic mass is 9.96. The van der Waals surface area contributed by atoms with E-state index in [4.69, 9.17) is 5.73 Å². The number of halogens is 1. The van der Waals surface area contributed by atoms with Crippen molar-refractivity contribution in [2.24, 2.45) is 5.92 Å². The van der Waals surface area contributed by atoms with E-state index in [1.165, 1.54) is 18.9 Å². The van der Waals surface area contributed by atoms with Gasteiger partial charge in [-0.05, 0) is 49.8 Å². The highest BCUT2D eigenvalue weighted by atomic mass is 19.1. The topological polar surface area (TPSA) is 46.3 Å². The first-order valence-corrected chi connectivity index (χ1v) is 7.87. The second-order valence-corrected chi connectivity index (χ2v) is 6.08. The SMILES string of the molecule is CCCC1CCCN(C(=O)c2cc(N)cc(C)c2F)CC1. The summed E-state index contributed by atoms with van der Waals surface area (Å²) in [6.45, 7) is 5.27. The number of hydrogen-bond acceptors (Lipinski definition) is 2. The maximum Gasteiger partial charge on any atom is 0.256 e. The molecule has 1 atom stereocenters. The van der Waals surface area contributed by atoms with Crippen molar-refractivity contribution in [3.8, 4) is 0 Å². The number of amides is 1. The fraction of sp³-hybridized carbons (Fsp3) is 0.588. The van der Waals surface area contributed by atoms with Crippen LogP contribution < -0.4 is 5.73 Å². The zero-order chi connectivity index (χ0) is 15.4. The van der Waals surface area contributed by atoms with Crippen molar-refractivity contribution in [1.29, 1.82) is 0 Å². The molecular weight excluding hydrogens is 267 g/mol. The summed E-state index contributed by atoms with van der Waals surface area (Å²) in [5, 5.41) is 0. The maximum absolute atomic E-state index is 14.2. The zero-order valence-corrected chi connectivity index (χ0v) is 13.0. The van der Waals surface area contributed by atoms with Crippen molar-refractivity contribution in [1.82, 2.24) is 4.90 Å². The average Bonchev–Trinajstić information content (AvgIpc) is 2.68. The first kappa shape index (κ1) is 15.8. The van der Waals surface area contributed by atoms with Crippen molar-refractivity contribution in [2.45, 2.75) is 46.0 Å². The van der Waals surface area contributed by atoms with Gasteiger partial charge in [0.05, 0.1) is 5.56 Å². The Kier molecular flexibility index (Phi) is 5.21. The molecule has 1 aliphatic heterocycles. The molecule has 1 amide bonds. The standard InChI is InChI=1S/C17H25FN2O/c1-3-5-13-6-4-8-20(9-7-13)17(21)15-11-14(19)10-12(2)16(15)18/h10-11,13H,3-9,19H2,1-2H3. The number of aryl methyl sites for hydroxylation is 1. The van der Waals surface area contributed by atoms with Crippen LogP contribution in [0.25, 0.3) is 0 Å². The van der Waals surface area contributed by atoms with Gasteiger partial charge in [0.25, 0.3) is 5.91 Å². The molecule has 0 saturated carbocycles. The Balaban J connectivity index is 2.13. The lowest BCUT2D eigenvalue weighted by molar-refractivity contribution is 0.0755. The number of likely N-dealkylation sites (tertiary alicyclic amines) is 1. The minimum absolute atomic E-state index is 0.112. The van der Waals surface area contributed by atoms with Gasteiger partial charge in [0.2, 0.25) is 0 Å². The number of anilines is 1. The molecule has 2 N–H and O–H groups in total. The van der Waals surface area contributed by atoms with Gasteiger partial charge < -0.3 is 10.6 Å². The number of nitrogen functional groups attached to an aromatic ring is 1. The van der Waals surface area contributed by atoms with Gasteiger partial charge in [-0.1, -0.05) is 19.8 Å². The van der Waals surface area contributed by atoms with E-state index in [9.17, 15) is 9.18 Å². The molecule has 4 heteroatoms. The second-order valence-electron chi connectivity index (χ2n) is 6.08. The molecule has 1 aromatic carbocycles. The number of nitrogens with two attached hydrogens (primary N) is 1. The van der Waals surface area contributed by atoms with E-state index in [0.29, 0.717) is 23.7 Å². The Morgan fingerprint density at radius 2 is 2.14 bits per heavy atom. The molecular formula is C17H25FN2O. The van der Waals surface area contributed by atoms with Crippen LogP contribution in [-0.4, -0.2) is 23.9 Å². The lowest BCUT2D eigenvalue weighted by Crippen LogP contribution is -2.32. The van der Waals surface area contributed by atoms with Crippen molar-refractivity contribution in [3.63, 3.8) is 0 Å². The van der Waals surface area contributed by atoms with Crippen LogP contribution in [0.15, 0.2) is 12.1 Å². The van der Waals surface area contributed by atoms with Gasteiger partial charge in [0.1, 0.15) is 5.82 Å². The van der Waals surface area contributed by atoms with Crippen LogP contribution in [0.3, 0.4) is 0 Å². The Morgan fingerprint density at radius 3 is 2.86 bits per heavy atom. The number of carbonyl (C=O) groups is 1. The van der Waals surface area contributed by atoms with Crippen LogP contribution in [0.2, 0.25) is 0 Å². The maximum atomic E-state index is 14.2. The summed E-state index contributed by atoms with van der Waals surface area (Å²) in [5.41, 5.74) is 6.73. The summed E-state index contributed by atoms with van der Waals surface area (Å²) in [5.74, 6) is 0.0313. The predicted octanol–water partition coefficient (Wildman–Crippen LogP) is 3.76. The average molecular weight is 292 g/mol. The van der Waals surface area contributed by atoms with E-state index in [0.717, 1.165) is 25.8 Å². The second kappa shape index (κ2) is 6.92.